The molecule has 2 aromatic heterocycles. The smallest absolute Gasteiger partial charge is 0.270 e. The van der Waals surface area contributed by atoms with Gasteiger partial charge in [0.2, 0.25) is 0 Å². The van der Waals surface area contributed by atoms with Gasteiger partial charge in [-0.3, -0.25) is 4.79 Å². The Morgan fingerprint density at radius 2 is 2.00 bits per heavy atom. The average molecular weight is 264 g/mol. The molecule has 0 aliphatic rings. The Hall–Kier alpha value is -1.89. The van der Waals surface area contributed by atoms with Crippen molar-refractivity contribution in [3.05, 3.63) is 35.0 Å². The fraction of sp³-hybridized carbons (Fsp3) is 0.273. The maximum absolute atomic E-state index is 10.8. The Kier molecular flexibility index (Phi) is 3.61. The van der Waals surface area contributed by atoms with E-state index < -0.39 is 5.91 Å². The van der Waals surface area contributed by atoms with E-state index in [1.165, 1.54) is 17.8 Å². The zero-order chi connectivity index (χ0) is 13.1. The van der Waals surface area contributed by atoms with Gasteiger partial charge in [0.15, 0.2) is 10.9 Å². The van der Waals surface area contributed by atoms with Gasteiger partial charge in [-0.2, -0.15) is 0 Å². The number of carbonyl (C=O) groups is 1. The molecule has 0 saturated heterocycles. The van der Waals surface area contributed by atoms with Crippen LogP contribution >= 0.6 is 11.8 Å². The second-order valence-corrected chi connectivity index (χ2v) is 4.71. The van der Waals surface area contributed by atoms with Gasteiger partial charge in [-0.05, 0) is 19.9 Å². The molecule has 2 rings (SSSR count). The first-order chi connectivity index (χ1) is 8.54. The monoisotopic (exact) mass is 264 g/mol. The molecule has 0 radical (unpaired) electrons. The Morgan fingerprint density at radius 3 is 2.56 bits per heavy atom. The summed E-state index contributed by atoms with van der Waals surface area (Å²) >= 11 is 1.42. The molecule has 2 N–H and O–H groups in total. The zero-order valence-corrected chi connectivity index (χ0v) is 10.8. The van der Waals surface area contributed by atoms with Crippen LogP contribution in [0.5, 0.6) is 0 Å². The minimum absolute atomic E-state index is 0.131. The van der Waals surface area contributed by atoms with Crippen LogP contribution in [0.1, 0.15) is 27.6 Å². The van der Waals surface area contributed by atoms with Gasteiger partial charge in [0, 0.05) is 17.5 Å². The lowest BCUT2D eigenvalue weighted by molar-refractivity contribution is 0.0991. The summed E-state index contributed by atoms with van der Waals surface area (Å²) in [7, 11) is 0. The maximum atomic E-state index is 10.8. The second kappa shape index (κ2) is 5.18. The van der Waals surface area contributed by atoms with Gasteiger partial charge in [0.25, 0.3) is 5.91 Å². The zero-order valence-electron chi connectivity index (χ0n) is 10.0. The second-order valence-electron chi connectivity index (χ2n) is 3.76. The molecule has 0 atom stereocenters. The number of nitrogens with zero attached hydrogens (tertiary/aromatic N) is 3. The lowest BCUT2D eigenvalue weighted by Gasteiger charge is -2.00. The number of hydrogen-bond acceptors (Lipinski definition) is 6. The molecule has 0 aromatic carbocycles. The van der Waals surface area contributed by atoms with Crippen molar-refractivity contribution in [2.75, 3.05) is 0 Å². The molecule has 2 heterocycles. The van der Waals surface area contributed by atoms with Crippen LogP contribution in [0.3, 0.4) is 0 Å². The Balaban J connectivity index is 2.04. The van der Waals surface area contributed by atoms with Crippen LogP contribution < -0.4 is 5.73 Å². The molecule has 0 aliphatic carbocycles. The largest absolute Gasteiger partial charge is 0.364 e. The Morgan fingerprint density at radius 1 is 1.33 bits per heavy atom. The number of thioether (sulfide) groups is 1. The maximum Gasteiger partial charge on any atom is 0.270 e. The molecule has 2 aromatic rings. The predicted octanol–water partition coefficient (Wildman–Crippen LogP) is 1.47. The summed E-state index contributed by atoms with van der Waals surface area (Å²) in [4.78, 5) is 19.4. The first kappa shape index (κ1) is 12.6. The van der Waals surface area contributed by atoms with Gasteiger partial charge >= 0.3 is 0 Å². The lowest BCUT2D eigenvalue weighted by Crippen LogP contribution is -2.10. The normalized spacial score (nSPS) is 10.6. The SMILES string of the molecule is Cc1cc(C)nc(SCc2cc(C(N)=O)no2)n1. The highest BCUT2D eigenvalue weighted by atomic mass is 32.2. The van der Waals surface area contributed by atoms with E-state index in [0.717, 1.165) is 11.4 Å². The van der Waals surface area contributed by atoms with Crippen LogP contribution in [0.15, 0.2) is 21.8 Å². The van der Waals surface area contributed by atoms with Gasteiger partial charge in [-0.25, -0.2) is 9.97 Å². The minimum atomic E-state index is -0.599. The van der Waals surface area contributed by atoms with Crippen LogP contribution in [0.4, 0.5) is 0 Å². The summed E-state index contributed by atoms with van der Waals surface area (Å²) in [5, 5.41) is 4.23. The van der Waals surface area contributed by atoms with E-state index in [-0.39, 0.29) is 5.69 Å². The number of carbonyl (C=O) groups excluding carboxylic acids is 1. The van der Waals surface area contributed by atoms with E-state index in [2.05, 4.69) is 15.1 Å². The van der Waals surface area contributed by atoms with Crippen molar-refractivity contribution in [1.29, 1.82) is 0 Å². The van der Waals surface area contributed by atoms with Crippen molar-refractivity contribution < 1.29 is 9.32 Å². The minimum Gasteiger partial charge on any atom is -0.364 e. The van der Waals surface area contributed by atoms with E-state index >= 15 is 0 Å². The van der Waals surface area contributed by atoms with Gasteiger partial charge < -0.3 is 10.3 Å². The van der Waals surface area contributed by atoms with Crippen molar-refractivity contribution in [2.24, 2.45) is 5.73 Å². The van der Waals surface area contributed by atoms with Gasteiger partial charge in [0.05, 0.1) is 5.75 Å². The van der Waals surface area contributed by atoms with E-state index in [9.17, 15) is 4.79 Å². The average Bonchev–Trinajstić information content (AvgIpc) is 2.73. The van der Waals surface area contributed by atoms with Crippen molar-refractivity contribution in [1.82, 2.24) is 15.1 Å². The molecule has 0 spiro atoms. The van der Waals surface area contributed by atoms with Crippen molar-refractivity contribution >= 4 is 17.7 Å². The quantitative estimate of drug-likeness (QED) is 0.663. The first-order valence-electron chi connectivity index (χ1n) is 5.25. The molecule has 7 heteroatoms. The highest BCUT2D eigenvalue weighted by Gasteiger charge is 2.10. The molecule has 0 aliphatic heterocycles. The fourth-order valence-electron chi connectivity index (χ4n) is 1.39. The van der Waals surface area contributed by atoms with Crippen LogP contribution in [0, 0.1) is 13.8 Å². The Bertz CT molecular complexity index is 562. The third kappa shape index (κ3) is 3.07. The number of aromatic nitrogens is 3. The molecule has 0 unspecified atom stereocenters. The Labute approximate surface area is 108 Å². The third-order valence-corrected chi connectivity index (χ3v) is 2.99. The molecule has 0 saturated carbocycles. The molecule has 0 bridgehead atoms. The standard InChI is InChI=1S/C11H12N4O2S/c1-6-3-7(2)14-11(13-6)18-5-8-4-9(10(12)16)15-17-8/h3-4H,5H2,1-2H3,(H2,12,16). The summed E-state index contributed by atoms with van der Waals surface area (Å²) in [5.41, 5.74) is 7.05. The van der Waals surface area contributed by atoms with E-state index in [1.807, 2.05) is 19.9 Å². The van der Waals surface area contributed by atoms with Crippen molar-refractivity contribution in [3.8, 4) is 0 Å². The molecule has 0 fully saturated rings. The van der Waals surface area contributed by atoms with E-state index in [0.29, 0.717) is 16.7 Å². The molecule has 94 valence electrons. The highest BCUT2D eigenvalue weighted by molar-refractivity contribution is 7.98. The number of amides is 1. The predicted molar refractivity (Wildman–Crippen MR) is 66.1 cm³/mol. The van der Waals surface area contributed by atoms with Gasteiger partial charge in [-0.15, -0.1) is 0 Å². The van der Waals surface area contributed by atoms with Gasteiger partial charge in [-0.1, -0.05) is 16.9 Å². The molecule has 1 amide bonds. The first-order valence-corrected chi connectivity index (χ1v) is 6.23. The van der Waals surface area contributed by atoms with E-state index in [1.54, 1.807) is 0 Å². The third-order valence-electron chi connectivity index (χ3n) is 2.12. The number of rotatable bonds is 4. The molecular weight excluding hydrogens is 252 g/mol. The van der Waals surface area contributed by atoms with Crippen LogP contribution in [-0.2, 0) is 5.75 Å². The summed E-state index contributed by atoms with van der Waals surface area (Å²) in [6.45, 7) is 3.83. The molecule has 6 nitrogen and oxygen atoms in total. The number of aryl methyl sites for hydroxylation is 2. The van der Waals surface area contributed by atoms with Gasteiger partial charge in [0.1, 0.15) is 5.76 Å². The summed E-state index contributed by atoms with van der Waals surface area (Å²) in [6, 6.07) is 3.43. The highest BCUT2D eigenvalue weighted by Crippen LogP contribution is 2.20. The number of primary amides is 1. The van der Waals surface area contributed by atoms with E-state index in [4.69, 9.17) is 10.3 Å². The van der Waals surface area contributed by atoms with Crippen LogP contribution in [0.25, 0.3) is 0 Å². The van der Waals surface area contributed by atoms with Crippen LogP contribution in [-0.4, -0.2) is 21.0 Å². The lowest BCUT2D eigenvalue weighted by atomic mass is 10.4. The fourth-order valence-corrected chi connectivity index (χ4v) is 2.22. The molecular formula is C11H12N4O2S. The summed E-state index contributed by atoms with van der Waals surface area (Å²) in [5.74, 6) is 0.470. The van der Waals surface area contributed by atoms with Crippen molar-refractivity contribution in [2.45, 2.75) is 24.8 Å². The number of nitrogens with two attached hydrogens (primary N) is 1. The number of hydrogen-bond donors (Lipinski definition) is 1. The topological polar surface area (TPSA) is 94.9 Å². The summed E-state index contributed by atoms with van der Waals surface area (Å²) in [6.07, 6.45) is 0. The summed E-state index contributed by atoms with van der Waals surface area (Å²) < 4.78 is 4.98. The van der Waals surface area contributed by atoms with Crippen molar-refractivity contribution in [3.63, 3.8) is 0 Å². The van der Waals surface area contributed by atoms with Crippen LogP contribution in [0.2, 0.25) is 0 Å². The molecule has 18 heavy (non-hydrogen) atoms.